The third-order valence-corrected chi connectivity index (χ3v) is 9.33. The summed E-state index contributed by atoms with van der Waals surface area (Å²) in [6.45, 7) is 9.03. The van der Waals surface area contributed by atoms with E-state index in [-0.39, 0.29) is 10.2 Å². The van der Waals surface area contributed by atoms with Gasteiger partial charge in [-0.1, -0.05) is 38.1 Å². The fraction of sp³-hybridized carbons (Fsp3) is 0.455. The van der Waals surface area contributed by atoms with E-state index in [2.05, 4.69) is 58.2 Å². The van der Waals surface area contributed by atoms with Crippen LogP contribution in [0.4, 0.5) is 0 Å². The van der Waals surface area contributed by atoms with Crippen molar-refractivity contribution in [2.75, 3.05) is 26.2 Å². The summed E-state index contributed by atoms with van der Waals surface area (Å²) in [5.74, 6) is 2.67. The zero-order valence-electron chi connectivity index (χ0n) is 17.1. The van der Waals surface area contributed by atoms with Crippen LogP contribution in [0, 0.1) is 0 Å². The fourth-order valence-electron chi connectivity index (χ4n) is 3.32. The van der Waals surface area contributed by atoms with Crippen LogP contribution in [-0.2, 0) is 10.2 Å². The molecule has 0 radical (unpaired) electrons. The number of methoxy groups -OCH3 is 2. The second-order valence-corrected chi connectivity index (χ2v) is 11.8. The van der Waals surface area contributed by atoms with Crippen LogP contribution >= 0.6 is 10.2 Å². The molecule has 0 saturated heterocycles. The fourth-order valence-corrected chi connectivity index (χ4v) is 6.02. The van der Waals surface area contributed by atoms with Gasteiger partial charge < -0.3 is 9.47 Å². The Bertz CT molecular complexity index is 753. The minimum atomic E-state index is -1.46. The molecule has 3 nitrogen and oxygen atoms in total. The lowest BCUT2D eigenvalue weighted by atomic mass is 9.87. The van der Waals surface area contributed by atoms with Gasteiger partial charge in [0, 0.05) is 4.75 Å². The van der Waals surface area contributed by atoms with Crippen molar-refractivity contribution >= 4 is 10.2 Å². The van der Waals surface area contributed by atoms with Crippen LogP contribution in [-0.4, -0.2) is 26.2 Å². The molecule has 2 aromatic carbocycles. The highest BCUT2D eigenvalue weighted by molar-refractivity contribution is 8.32. The molecule has 1 unspecified atom stereocenters. The van der Waals surface area contributed by atoms with Crippen molar-refractivity contribution in [3.63, 3.8) is 0 Å². The molecule has 0 fully saturated rings. The Labute approximate surface area is 160 Å². The maximum Gasteiger partial charge on any atom is 0.119 e. The summed E-state index contributed by atoms with van der Waals surface area (Å²) in [5, 5.41) is 7.02. The Balaban J connectivity index is 2.35. The first-order valence-corrected chi connectivity index (χ1v) is 11.1. The minimum absolute atomic E-state index is 0.0521. The van der Waals surface area contributed by atoms with Gasteiger partial charge in [0.15, 0.2) is 0 Å². The van der Waals surface area contributed by atoms with Gasteiger partial charge in [-0.15, -0.1) is 0 Å². The second-order valence-electron chi connectivity index (χ2n) is 8.16. The Morgan fingerprint density at radius 2 is 1.31 bits per heavy atom. The topological polar surface area (TPSA) is 44.5 Å². The van der Waals surface area contributed by atoms with Gasteiger partial charge in [0.2, 0.25) is 0 Å². The Morgan fingerprint density at radius 1 is 0.846 bits per heavy atom. The average Bonchev–Trinajstić information content (AvgIpc) is 2.60. The molecular formula is C22H33NO2S. The maximum absolute atomic E-state index is 7.02. The molecule has 0 heterocycles. The average molecular weight is 376 g/mol. The highest BCUT2D eigenvalue weighted by Gasteiger charge is 2.39. The SMILES string of the molecule is COc1cccc(C(C)(C)CS(C)(N)C(C)(C)c2cccc(OC)c2)c1. The van der Waals surface area contributed by atoms with Crippen LogP contribution in [0.2, 0.25) is 0 Å². The van der Waals surface area contributed by atoms with Crippen molar-refractivity contribution in [2.24, 2.45) is 5.14 Å². The van der Waals surface area contributed by atoms with Crippen molar-refractivity contribution in [1.82, 2.24) is 0 Å². The van der Waals surface area contributed by atoms with E-state index in [1.165, 1.54) is 11.1 Å². The molecule has 144 valence electrons. The molecule has 0 amide bonds. The van der Waals surface area contributed by atoms with Gasteiger partial charge in [0.1, 0.15) is 11.5 Å². The molecule has 1 atom stereocenters. The van der Waals surface area contributed by atoms with E-state index in [0.717, 1.165) is 17.3 Å². The molecule has 0 bridgehead atoms. The van der Waals surface area contributed by atoms with Crippen molar-refractivity contribution < 1.29 is 9.47 Å². The van der Waals surface area contributed by atoms with E-state index < -0.39 is 10.2 Å². The molecule has 2 N–H and O–H groups in total. The summed E-state index contributed by atoms with van der Waals surface area (Å²) < 4.78 is 10.7. The zero-order chi connectivity index (χ0) is 19.6. The predicted molar refractivity (Wildman–Crippen MR) is 115 cm³/mol. The third kappa shape index (κ3) is 4.18. The predicted octanol–water partition coefficient (Wildman–Crippen LogP) is 5.22. The van der Waals surface area contributed by atoms with E-state index in [1.54, 1.807) is 14.2 Å². The van der Waals surface area contributed by atoms with Gasteiger partial charge in [-0.3, -0.25) is 5.14 Å². The van der Waals surface area contributed by atoms with E-state index in [1.807, 2.05) is 24.3 Å². The smallest absolute Gasteiger partial charge is 0.119 e. The number of rotatable bonds is 7. The largest absolute Gasteiger partial charge is 0.497 e. The molecule has 4 heteroatoms. The van der Waals surface area contributed by atoms with Crippen LogP contribution in [0.3, 0.4) is 0 Å². The lowest BCUT2D eigenvalue weighted by Gasteiger charge is -2.50. The lowest BCUT2D eigenvalue weighted by Crippen LogP contribution is -2.39. The van der Waals surface area contributed by atoms with Crippen molar-refractivity contribution in [1.29, 1.82) is 0 Å². The van der Waals surface area contributed by atoms with E-state index in [9.17, 15) is 0 Å². The van der Waals surface area contributed by atoms with Crippen molar-refractivity contribution in [3.8, 4) is 11.5 Å². The quantitative estimate of drug-likeness (QED) is 0.721. The highest BCUT2D eigenvalue weighted by Crippen LogP contribution is 2.58. The highest BCUT2D eigenvalue weighted by atomic mass is 32.3. The summed E-state index contributed by atoms with van der Waals surface area (Å²) in [5.41, 5.74) is 2.42. The van der Waals surface area contributed by atoms with Crippen molar-refractivity contribution in [2.45, 2.75) is 37.9 Å². The van der Waals surface area contributed by atoms with E-state index in [0.29, 0.717) is 0 Å². The number of ether oxygens (including phenoxy) is 2. The summed E-state index contributed by atoms with van der Waals surface area (Å²) in [6, 6.07) is 16.6. The normalized spacial score (nSPS) is 15.8. The number of hydrogen-bond donors (Lipinski definition) is 1. The van der Waals surface area contributed by atoms with Crippen LogP contribution in [0.1, 0.15) is 38.8 Å². The maximum atomic E-state index is 7.02. The molecule has 0 aromatic heterocycles. The molecule has 0 saturated carbocycles. The number of benzene rings is 2. The first-order chi connectivity index (χ1) is 12.0. The van der Waals surface area contributed by atoms with Gasteiger partial charge >= 0.3 is 0 Å². The van der Waals surface area contributed by atoms with Gasteiger partial charge in [-0.05, 0) is 66.7 Å². The molecular weight excluding hydrogens is 342 g/mol. The molecule has 2 rings (SSSR count). The van der Waals surface area contributed by atoms with Crippen LogP contribution in [0.25, 0.3) is 0 Å². The minimum Gasteiger partial charge on any atom is -0.497 e. The lowest BCUT2D eigenvalue weighted by molar-refractivity contribution is 0.412. The van der Waals surface area contributed by atoms with Crippen LogP contribution in [0.15, 0.2) is 48.5 Å². The van der Waals surface area contributed by atoms with Gasteiger partial charge in [-0.2, -0.15) is 10.2 Å². The third-order valence-electron chi connectivity index (χ3n) is 5.44. The van der Waals surface area contributed by atoms with Gasteiger partial charge in [0.05, 0.1) is 14.2 Å². The Kier molecular flexibility index (Phi) is 5.99. The number of hydrogen-bond acceptors (Lipinski definition) is 3. The summed E-state index contributed by atoms with van der Waals surface area (Å²) >= 11 is 0. The van der Waals surface area contributed by atoms with Crippen LogP contribution in [0.5, 0.6) is 11.5 Å². The molecule has 0 aliphatic rings. The Morgan fingerprint density at radius 3 is 1.81 bits per heavy atom. The second kappa shape index (κ2) is 7.53. The van der Waals surface area contributed by atoms with E-state index >= 15 is 0 Å². The molecule has 2 aromatic rings. The first kappa shape index (κ1) is 20.7. The monoisotopic (exact) mass is 375 g/mol. The first-order valence-electron chi connectivity index (χ1n) is 8.86. The molecule has 0 aliphatic heterocycles. The van der Waals surface area contributed by atoms with Gasteiger partial charge in [-0.25, -0.2) is 0 Å². The Hall–Kier alpha value is -1.65. The summed E-state index contributed by atoms with van der Waals surface area (Å²) in [7, 11) is 1.95. The molecule has 0 aliphatic carbocycles. The summed E-state index contributed by atoms with van der Waals surface area (Å²) in [4.78, 5) is 0. The van der Waals surface area contributed by atoms with E-state index in [4.69, 9.17) is 14.6 Å². The standard InChI is InChI=1S/C22H33NO2S/c1-21(2,17-10-8-12-19(14-17)24-5)16-26(7,23)22(3,4)18-11-9-13-20(15-18)25-6/h8-15H,16,23H2,1-7H3. The molecule has 26 heavy (non-hydrogen) atoms. The summed E-state index contributed by atoms with van der Waals surface area (Å²) in [6.07, 6.45) is 2.23. The van der Waals surface area contributed by atoms with Crippen LogP contribution < -0.4 is 14.6 Å². The molecule has 0 spiro atoms. The zero-order valence-corrected chi connectivity index (χ0v) is 17.9. The van der Waals surface area contributed by atoms with Gasteiger partial charge in [0.25, 0.3) is 0 Å². The number of nitrogens with two attached hydrogens (primary N) is 1. The van der Waals surface area contributed by atoms with Crippen molar-refractivity contribution in [3.05, 3.63) is 59.7 Å².